The van der Waals surface area contributed by atoms with Crippen molar-refractivity contribution in [1.29, 1.82) is 0 Å². The second-order valence-corrected chi connectivity index (χ2v) is 6.34. The van der Waals surface area contributed by atoms with Crippen molar-refractivity contribution in [3.63, 3.8) is 0 Å². The van der Waals surface area contributed by atoms with E-state index in [1.54, 1.807) is 0 Å². The van der Waals surface area contributed by atoms with Crippen LogP contribution in [0.25, 0.3) is 0 Å². The molecular weight excluding hydrogens is 258 g/mol. The van der Waals surface area contributed by atoms with Crippen LogP contribution in [-0.2, 0) is 0 Å². The predicted molar refractivity (Wildman–Crippen MR) is 79.0 cm³/mol. The summed E-state index contributed by atoms with van der Waals surface area (Å²) in [4.78, 5) is 11.7. The third-order valence-corrected chi connectivity index (χ3v) is 4.36. The smallest absolute Gasteiger partial charge is 0.137 e. The van der Waals surface area contributed by atoms with Crippen LogP contribution in [0, 0.1) is 12.8 Å². The van der Waals surface area contributed by atoms with Crippen molar-refractivity contribution in [3.8, 4) is 0 Å². The van der Waals surface area contributed by atoms with E-state index in [2.05, 4.69) is 16.8 Å². The first-order chi connectivity index (χ1) is 9.19. The van der Waals surface area contributed by atoms with Crippen LogP contribution in [0.2, 0.25) is 5.15 Å². The van der Waals surface area contributed by atoms with Crippen molar-refractivity contribution in [2.75, 3.05) is 18.0 Å². The molecular formula is C15H22ClN3. The minimum Gasteiger partial charge on any atom is -0.356 e. The lowest BCUT2D eigenvalue weighted by atomic mass is 10.2. The summed E-state index contributed by atoms with van der Waals surface area (Å²) in [5.41, 5.74) is 1.04. The Labute approximate surface area is 120 Å². The van der Waals surface area contributed by atoms with Crippen molar-refractivity contribution in [3.05, 3.63) is 16.5 Å². The molecule has 0 unspecified atom stereocenters. The van der Waals surface area contributed by atoms with E-state index < -0.39 is 0 Å². The molecule has 1 aromatic heterocycles. The van der Waals surface area contributed by atoms with E-state index in [-0.39, 0.29) is 0 Å². The van der Waals surface area contributed by atoms with Crippen molar-refractivity contribution in [2.24, 2.45) is 5.92 Å². The maximum Gasteiger partial charge on any atom is 0.137 e. The van der Waals surface area contributed by atoms with Gasteiger partial charge in [-0.2, -0.15) is 0 Å². The van der Waals surface area contributed by atoms with E-state index in [1.165, 1.54) is 25.7 Å². The van der Waals surface area contributed by atoms with E-state index in [4.69, 9.17) is 16.6 Å². The Morgan fingerprint density at radius 3 is 2.53 bits per heavy atom. The molecule has 0 saturated heterocycles. The average molecular weight is 280 g/mol. The van der Waals surface area contributed by atoms with Gasteiger partial charge in [-0.15, -0.1) is 0 Å². The Hall–Kier alpha value is -0.830. The van der Waals surface area contributed by atoms with Crippen molar-refractivity contribution in [2.45, 2.75) is 51.9 Å². The van der Waals surface area contributed by atoms with Gasteiger partial charge in [0.05, 0.1) is 0 Å². The topological polar surface area (TPSA) is 29.0 Å². The molecule has 1 heterocycles. The molecule has 3 rings (SSSR count). The van der Waals surface area contributed by atoms with Crippen LogP contribution in [0.3, 0.4) is 0 Å². The highest BCUT2D eigenvalue weighted by Crippen LogP contribution is 2.40. The summed E-state index contributed by atoms with van der Waals surface area (Å²) in [6, 6.07) is 0. The Kier molecular flexibility index (Phi) is 3.66. The summed E-state index contributed by atoms with van der Waals surface area (Å²) in [5.74, 6) is 3.46. The predicted octanol–water partition coefficient (Wildman–Crippen LogP) is 3.94. The molecule has 0 spiro atoms. The van der Waals surface area contributed by atoms with Gasteiger partial charge in [-0.1, -0.05) is 18.5 Å². The highest BCUT2D eigenvalue weighted by Gasteiger charge is 2.30. The number of hydrogen-bond donors (Lipinski definition) is 0. The fraction of sp³-hybridized carbons (Fsp3) is 0.733. The van der Waals surface area contributed by atoms with Gasteiger partial charge in [0.1, 0.15) is 16.8 Å². The molecule has 2 fully saturated rings. The van der Waals surface area contributed by atoms with Gasteiger partial charge in [0.15, 0.2) is 0 Å². The molecule has 0 aromatic carbocycles. The number of halogens is 1. The molecule has 2 saturated carbocycles. The lowest BCUT2D eigenvalue weighted by Gasteiger charge is -2.25. The summed E-state index contributed by atoms with van der Waals surface area (Å²) < 4.78 is 0. The first-order valence-corrected chi connectivity index (χ1v) is 7.85. The van der Waals surface area contributed by atoms with E-state index in [9.17, 15) is 0 Å². The van der Waals surface area contributed by atoms with Crippen molar-refractivity contribution >= 4 is 17.4 Å². The highest BCUT2D eigenvalue weighted by molar-refractivity contribution is 6.30. The number of nitrogens with zero attached hydrogens (tertiary/aromatic N) is 3. The van der Waals surface area contributed by atoms with Crippen molar-refractivity contribution in [1.82, 2.24) is 9.97 Å². The molecule has 2 aliphatic carbocycles. The first-order valence-electron chi connectivity index (χ1n) is 7.48. The molecule has 4 heteroatoms. The van der Waals surface area contributed by atoms with Crippen LogP contribution in [0.15, 0.2) is 0 Å². The Morgan fingerprint density at radius 2 is 1.95 bits per heavy atom. The molecule has 3 nitrogen and oxygen atoms in total. The van der Waals surface area contributed by atoms with Crippen LogP contribution in [0.1, 0.15) is 56.3 Å². The fourth-order valence-electron chi connectivity index (χ4n) is 2.49. The summed E-state index contributed by atoms with van der Waals surface area (Å²) in [7, 11) is 0. The highest BCUT2D eigenvalue weighted by atomic mass is 35.5. The monoisotopic (exact) mass is 279 g/mol. The van der Waals surface area contributed by atoms with Crippen LogP contribution in [0.5, 0.6) is 0 Å². The van der Waals surface area contributed by atoms with Crippen LogP contribution in [0.4, 0.5) is 5.82 Å². The second kappa shape index (κ2) is 5.28. The quantitative estimate of drug-likeness (QED) is 0.739. The zero-order valence-corrected chi connectivity index (χ0v) is 12.6. The van der Waals surface area contributed by atoms with E-state index >= 15 is 0 Å². The first kappa shape index (κ1) is 13.2. The van der Waals surface area contributed by atoms with Crippen LogP contribution < -0.4 is 4.90 Å². The number of aromatic nitrogens is 2. The van der Waals surface area contributed by atoms with E-state index in [0.29, 0.717) is 11.1 Å². The van der Waals surface area contributed by atoms with Crippen LogP contribution >= 0.6 is 11.6 Å². The van der Waals surface area contributed by atoms with Gasteiger partial charge in [0, 0.05) is 24.6 Å². The van der Waals surface area contributed by atoms with Gasteiger partial charge in [0.2, 0.25) is 0 Å². The lowest BCUT2D eigenvalue weighted by Crippen LogP contribution is -2.28. The minimum absolute atomic E-state index is 0.557. The molecule has 0 bridgehead atoms. The zero-order valence-electron chi connectivity index (χ0n) is 11.8. The third-order valence-electron chi connectivity index (χ3n) is 3.99. The number of rotatable bonds is 6. The van der Waals surface area contributed by atoms with Crippen molar-refractivity contribution < 1.29 is 0 Å². The Morgan fingerprint density at radius 1 is 1.21 bits per heavy atom. The summed E-state index contributed by atoms with van der Waals surface area (Å²) in [6.07, 6.45) is 6.32. The summed E-state index contributed by atoms with van der Waals surface area (Å²) in [5, 5.41) is 0.642. The molecule has 19 heavy (non-hydrogen) atoms. The maximum absolute atomic E-state index is 6.31. The zero-order chi connectivity index (χ0) is 13.4. The Bertz CT molecular complexity index is 467. The molecule has 0 aliphatic heterocycles. The van der Waals surface area contributed by atoms with Gasteiger partial charge in [-0.25, -0.2) is 9.97 Å². The third kappa shape index (κ3) is 3.02. The lowest BCUT2D eigenvalue weighted by molar-refractivity contribution is 0.691. The molecule has 1 aromatic rings. The van der Waals surface area contributed by atoms with E-state index in [1.807, 2.05) is 6.92 Å². The van der Waals surface area contributed by atoms with Gasteiger partial charge in [-0.05, 0) is 44.9 Å². The number of anilines is 1. The normalized spacial score (nSPS) is 18.7. The van der Waals surface area contributed by atoms with Gasteiger partial charge in [0.25, 0.3) is 0 Å². The Balaban J connectivity index is 1.90. The maximum atomic E-state index is 6.31. The van der Waals surface area contributed by atoms with Gasteiger partial charge >= 0.3 is 0 Å². The molecule has 104 valence electrons. The molecule has 0 N–H and O–H groups in total. The SMILES string of the molecule is CCCN(CC1CC1)c1nc(C2CC2)nc(Cl)c1C. The molecule has 0 amide bonds. The average Bonchev–Trinajstić information content (AvgIpc) is 3.25. The van der Waals surface area contributed by atoms with E-state index in [0.717, 1.165) is 42.6 Å². The van der Waals surface area contributed by atoms with Gasteiger partial charge < -0.3 is 4.90 Å². The standard InChI is InChI=1S/C15H22ClN3/c1-3-8-19(9-11-4-5-11)15-10(2)13(16)17-14(18-15)12-6-7-12/h11-12H,3-9H2,1-2H3. The second-order valence-electron chi connectivity index (χ2n) is 5.98. The fourth-order valence-corrected chi connectivity index (χ4v) is 2.66. The summed E-state index contributed by atoms with van der Waals surface area (Å²) >= 11 is 6.31. The molecule has 0 atom stereocenters. The largest absolute Gasteiger partial charge is 0.356 e. The molecule has 0 radical (unpaired) electrons. The molecule has 2 aliphatic rings. The van der Waals surface area contributed by atoms with Crippen LogP contribution in [-0.4, -0.2) is 23.1 Å². The summed E-state index contributed by atoms with van der Waals surface area (Å²) in [6.45, 7) is 6.46. The van der Waals surface area contributed by atoms with Gasteiger partial charge in [-0.3, -0.25) is 0 Å². The number of hydrogen-bond acceptors (Lipinski definition) is 3. The minimum atomic E-state index is 0.557.